The summed E-state index contributed by atoms with van der Waals surface area (Å²) in [5.41, 5.74) is 3.05. The molecule has 0 fully saturated rings. The summed E-state index contributed by atoms with van der Waals surface area (Å²) in [6.45, 7) is 0. The SMILES string of the molecule is CS(=O)(=O)c1ccc(C2=C(c3ccc(F)nc3)CC(C(=O)O)C2)cc1. The first kappa shape index (κ1) is 17.3. The van der Waals surface area contributed by atoms with Gasteiger partial charge in [0, 0.05) is 12.5 Å². The highest BCUT2D eigenvalue weighted by Crippen LogP contribution is 2.43. The van der Waals surface area contributed by atoms with E-state index < -0.39 is 27.7 Å². The Labute approximate surface area is 144 Å². The molecule has 0 saturated heterocycles. The minimum absolute atomic E-state index is 0.203. The lowest BCUT2D eigenvalue weighted by molar-refractivity contribution is -0.141. The summed E-state index contributed by atoms with van der Waals surface area (Å²) in [7, 11) is -3.30. The molecule has 7 heteroatoms. The number of halogens is 1. The van der Waals surface area contributed by atoms with Crippen LogP contribution in [-0.2, 0) is 14.6 Å². The Balaban J connectivity index is 2.06. The fourth-order valence-electron chi connectivity index (χ4n) is 3.03. The zero-order chi connectivity index (χ0) is 18.2. The number of sulfone groups is 1. The molecule has 0 radical (unpaired) electrons. The van der Waals surface area contributed by atoms with Gasteiger partial charge in [-0.1, -0.05) is 12.1 Å². The van der Waals surface area contributed by atoms with Crippen molar-refractivity contribution in [1.82, 2.24) is 4.98 Å². The smallest absolute Gasteiger partial charge is 0.307 e. The lowest BCUT2D eigenvalue weighted by Gasteiger charge is -2.09. The lowest BCUT2D eigenvalue weighted by atomic mass is 9.98. The number of carbonyl (C=O) groups is 1. The summed E-state index contributed by atoms with van der Waals surface area (Å²) in [6.07, 6.45) is 3.18. The van der Waals surface area contributed by atoms with E-state index in [-0.39, 0.29) is 4.90 Å². The monoisotopic (exact) mass is 361 g/mol. The molecule has 5 nitrogen and oxygen atoms in total. The number of aliphatic carboxylic acids is 1. The zero-order valence-corrected chi connectivity index (χ0v) is 14.3. The van der Waals surface area contributed by atoms with Crippen LogP contribution >= 0.6 is 0 Å². The molecule has 2 aromatic rings. The van der Waals surface area contributed by atoms with Gasteiger partial charge in [0.25, 0.3) is 0 Å². The van der Waals surface area contributed by atoms with Crippen LogP contribution in [0.3, 0.4) is 0 Å². The number of pyridine rings is 1. The average Bonchev–Trinajstić information content (AvgIpc) is 3.00. The minimum Gasteiger partial charge on any atom is -0.481 e. The van der Waals surface area contributed by atoms with E-state index in [9.17, 15) is 22.7 Å². The highest BCUT2D eigenvalue weighted by molar-refractivity contribution is 7.90. The van der Waals surface area contributed by atoms with Gasteiger partial charge in [0.15, 0.2) is 9.84 Å². The van der Waals surface area contributed by atoms with Crippen LogP contribution in [0, 0.1) is 11.9 Å². The second kappa shape index (κ2) is 6.40. The van der Waals surface area contributed by atoms with Gasteiger partial charge in [0.2, 0.25) is 5.95 Å². The van der Waals surface area contributed by atoms with E-state index in [1.165, 1.54) is 24.4 Å². The molecule has 1 unspecified atom stereocenters. The molecule has 1 heterocycles. The zero-order valence-electron chi connectivity index (χ0n) is 13.4. The van der Waals surface area contributed by atoms with Crippen molar-refractivity contribution in [2.45, 2.75) is 17.7 Å². The summed E-state index contributed by atoms with van der Waals surface area (Å²) in [5.74, 6) is -2.06. The molecule has 0 bridgehead atoms. The standard InChI is InChI=1S/C18H16FNO4S/c1-25(23,24)14-5-2-11(3-6-14)15-8-13(18(21)22)9-16(15)12-4-7-17(19)20-10-12/h2-7,10,13H,8-9H2,1H3,(H,21,22). The molecule has 25 heavy (non-hydrogen) atoms. The van der Waals surface area contributed by atoms with Gasteiger partial charge in [0.1, 0.15) is 0 Å². The Morgan fingerprint density at radius 3 is 2.12 bits per heavy atom. The Morgan fingerprint density at radius 1 is 1.08 bits per heavy atom. The van der Waals surface area contributed by atoms with E-state index in [0.29, 0.717) is 18.4 Å². The van der Waals surface area contributed by atoms with E-state index in [1.807, 2.05) is 0 Å². The van der Waals surface area contributed by atoms with E-state index in [0.717, 1.165) is 23.0 Å². The molecule has 1 N–H and O–H groups in total. The fraction of sp³-hybridized carbons (Fsp3) is 0.222. The number of benzene rings is 1. The molecular formula is C18H16FNO4S. The van der Waals surface area contributed by atoms with Crippen LogP contribution in [0.2, 0.25) is 0 Å². The largest absolute Gasteiger partial charge is 0.481 e. The van der Waals surface area contributed by atoms with Gasteiger partial charge in [-0.2, -0.15) is 4.39 Å². The molecule has 1 aromatic heterocycles. The summed E-state index contributed by atoms with van der Waals surface area (Å²) < 4.78 is 36.3. The van der Waals surface area contributed by atoms with E-state index in [2.05, 4.69) is 4.98 Å². The van der Waals surface area contributed by atoms with Crippen LogP contribution in [0.25, 0.3) is 11.1 Å². The van der Waals surface area contributed by atoms with Crippen LogP contribution in [0.5, 0.6) is 0 Å². The van der Waals surface area contributed by atoms with Gasteiger partial charge in [-0.25, -0.2) is 13.4 Å². The lowest BCUT2D eigenvalue weighted by Crippen LogP contribution is -2.09. The molecule has 0 aliphatic heterocycles. The fourth-order valence-corrected chi connectivity index (χ4v) is 3.66. The maximum atomic E-state index is 13.1. The number of carboxylic acids is 1. The maximum Gasteiger partial charge on any atom is 0.307 e. The van der Waals surface area contributed by atoms with E-state index in [4.69, 9.17) is 0 Å². The molecule has 0 saturated carbocycles. The summed E-state index contributed by atoms with van der Waals surface area (Å²) >= 11 is 0. The third-order valence-electron chi connectivity index (χ3n) is 4.32. The van der Waals surface area contributed by atoms with Crippen molar-refractivity contribution in [2.24, 2.45) is 5.92 Å². The van der Waals surface area contributed by atoms with Crippen molar-refractivity contribution in [3.8, 4) is 0 Å². The van der Waals surface area contributed by atoms with Gasteiger partial charge in [-0.15, -0.1) is 0 Å². The molecule has 3 rings (SSSR count). The van der Waals surface area contributed by atoms with Gasteiger partial charge >= 0.3 is 5.97 Å². The Bertz CT molecular complexity index is 948. The second-order valence-corrected chi connectivity index (χ2v) is 8.08. The predicted octanol–water partition coefficient (Wildman–Crippen LogP) is 3.03. The third-order valence-corrected chi connectivity index (χ3v) is 5.45. The molecule has 0 amide bonds. The van der Waals surface area contributed by atoms with Crippen molar-refractivity contribution >= 4 is 27.0 Å². The number of allylic oxidation sites excluding steroid dienone is 2. The van der Waals surface area contributed by atoms with Crippen molar-refractivity contribution in [3.05, 3.63) is 59.7 Å². The van der Waals surface area contributed by atoms with Crippen molar-refractivity contribution < 1.29 is 22.7 Å². The van der Waals surface area contributed by atoms with Crippen LogP contribution in [-0.4, -0.2) is 30.7 Å². The van der Waals surface area contributed by atoms with Crippen molar-refractivity contribution in [1.29, 1.82) is 0 Å². The number of hydrogen-bond donors (Lipinski definition) is 1. The van der Waals surface area contributed by atoms with Crippen LogP contribution in [0.4, 0.5) is 4.39 Å². The molecule has 1 aliphatic rings. The summed E-state index contributed by atoms with van der Waals surface area (Å²) in [5, 5.41) is 9.36. The van der Waals surface area contributed by atoms with Crippen molar-refractivity contribution in [2.75, 3.05) is 6.26 Å². The van der Waals surface area contributed by atoms with Crippen LogP contribution in [0.1, 0.15) is 24.0 Å². The molecule has 1 aliphatic carbocycles. The second-order valence-electron chi connectivity index (χ2n) is 6.07. The minimum atomic E-state index is -3.30. The highest BCUT2D eigenvalue weighted by Gasteiger charge is 2.31. The maximum absolute atomic E-state index is 13.1. The first-order chi connectivity index (χ1) is 11.8. The quantitative estimate of drug-likeness (QED) is 0.846. The number of carboxylic acid groups (broad SMARTS) is 1. The molecule has 1 atom stereocenters. The van der Waals surface area contributed by atoms with Crippen LogP contribution < -0.4 is 0 Å². The Kier molecular flexibility index (Phi) is 4.43. The normalized spacial score (nSPS) is 17.8. The predicted molar refractivity (Wildman–Crippen MR) is 90.9 cm³/mol. The molecule has 130 valence electrons. The Hall–Kier alpha value is -2.54. The van der Waals surface area contributed by atoms with Gasteiger partial charge in [-0.05, 0) is 59.4 Å². The number of nitrogens with zero attached hydrogens (tertiary/aromatic N) is 1. The molecule has 0 spiro atoms. The number of rotatable bonds is 4. The third kappa shape index (κ3) is 3.61. The van der Waals surface area contributed by atoms with Gasteiger partial charge in [0.05, 0.1) is 10.8 Å². The average molecular weight is 361 g/mol. The summed E-state index contributed by atoms with van der Waals surface area (Å²) in [6, 6.07) is 9.17. The first-order valence-corrected chi connectivity index (χ1v) is 9.52. The van der Waals surface area contributed by atoms with Gasteiger partial charge < -0.3 is 5.11 Å². The first-order valence-electron chi connectivity index (χ1n) is 7.63. The van der Waals surface area contributed by atoms with E-state index in [1.54, 1.807) is 18.2 Å². The summed E-state index contributed by atoms with van der Waals surface area (Å²) in [4.78, 5) is 15.3. The van der Waals surface area contributed by atoms with E-state index >= 15 is 0 Å². The molecule has 1 aromatic carbocycles. The molecular weight excluding hydrogens is 345 g/mol. The van der Waals surface area contributed by atoms with Crippen molar-refractivity contribution in [3.63, 3.8) is 0 Å². The van der Waals surface area contributed by atoms with Gasteiger partial charge in [-0.3, -0.25) is 4.79 Å². The number of hydrogen-bond acceptors (Lipinski definition) is 4. The number of aromatic nitrogens is 1. The highest BCUT2D eigenvalue weighted by atomic mass is 32.2. The Morgan fingerprint density at radius 2 is 1.64 bits per heavy atom. The topological polar surface area (TPSA) is 84.3 Å². The van der Waals surface area contributed by atoms with Crippen LogP contribution in [0.15, 0.2) is 47.5 Å².